The Balaban J connectivity index is 1.60. The molecule has 0 saturated carbocycles. The van der Waals surface area contributed by atoms with Gasteiger partial charge in [-0.25, -0.2) is 4.98 Å². The summed E-state index contributed by atoms with van der Waals surface area (Å²) in [5, 5.41) is 2.58. The second kappa shape index (κ2) is 8.76. The highest BCUT2D eigenvalue weighted by Crippen LogP contribution is 2.36. The summed E-state index contributed by atoms with van der Waals surface area (Å²) in [6.45, 7) is 1.89. The largest absolute Gasteiger partial charge is 0.417 e. The van der Waals surface area contributed by atoms with Gasteiger partial charge in [0.05, 0.1) is 22.8 Å². The van der Waals surface area contributed by atoms with E-state index in [0.717, 1.165) is 22.7 Å². The first-order valence-electron chi connectivity index (χ1n) is 10.9. The fraction of sp³-hybridized carbons (Fsp3) is 0.0714. The summed E-state index contributed by atoms with van der Waals surface area (Å²) in [7, 11) is 0. The Kier molecular flexibility index (Phi) is 5.61. The van der Waals surface area contributed by atoms with Crippen molar-refractivity contribution in [2.75, 3.05) is 5.32 Å². The highest BCUT2D eigenvalue weighted by molar-refractivity contribution is 6.06. The molecule has 0 atom stereocenters. The van der Waals surface area contributed by atoms with E-state index >= 15 is 0 Å². The summed E-state index contributed by atoms with van der Waals surface area (Å²) in [6.07, 6.45) is -1.15. The molecule has 0 bridgehead atoms. The van der Waals surface area contributed by atoms with E-state index in [2.05, 4.69) is 10.3 Å². The zero-order valence-corrected chi connectivity index (χ0v) is 18.7. The van der Waals surface area contributed by atoms with E-state index in [1.165, 1.54) is 12.1 Å². The van der Waals surface area contributed by atoms with Crippen molar-refractivity contribution in [1.82, 2.24) is 9.38 Å². The van der Waals surface area contributed by atoms with Crippen molar-refractivity contribution < 1.29 is 18.0 Å². The van der Waals surface area contributed by atoms with Gasteiger partial charge in [0, 0.05) is 23.0 Å². The Bertz CT molecular complexity index is 1520. The van der Waals surface area contributed by atoms with Crippen LogP contribution < -0.4 is 5.32 Å². The zero-order valence-electron chi connectivity index (χ0n) is 18.7. The standard InChI is InChI=1S/C28H20F3N3O/c1-18-9-12-21(13-10-18)33-27(35)23-16-20(11-14-24(23)28(29,30)31)22-8-5-15-34-25(22)17-32-26(34)19-6-3-2-4-7-19/h2-17H,1H3,(H,33,35). The molecule has 0 radical (unpaired) electrons. The molecule has 0 aliphatic rings. The van der Waals surface area contributed by atoms with Crippen LogP contribution in [0.4, 0.5) is 18.9 Å². The third-order valence-corrected chi connectivity index (χ3v) is 5.79. The van der Waals surface area contributed by atoms with Crippen LogP contribution in [0.2, 0.25) is 0 Å². The molecular formula is C28H20F3N3O. The number of hydrogen-bond donors (Lipinski definition) is 1. The van der Waals surface area contributed by atoms with E-state index < -0.39 is 23.2 Å². The van der Waals surface area contributed by atoms with Crippen molar-refractivity contribution in [2.45, 2.75) is 13.1 Å². The number of nitrogens with one attached hydrogen (secondary N) is 1. The number of pyridine rings is 1. The van der Waals surface area contributed by atoms with Gasteiger partial charge >= 0.3 is 6.18 Å². The van der Waals surface area contributed by atoms with Crippen molar-refractivity contribution in [3.8, 4) is 22.5 Å². The minimum atomic E-state index is -4.68. The van der Waals surface area contributed by atoms with Crippen LogP contribution in [0.15, 0.2) is 97.3 Å². The van der Waals surface area contributed by atoms with Crippen LogP contribution in [0.1, 0.15) is 21.5 Å². The fourth-order valence-corrected chi connectivity index (χ4v) is 4.05. The monoisotopic (exact) mass is 471 g/mol. The molecule has 174 valence electrons. The van der Waals surface area contributed by atoms with Crippen molar-refractivity contribution in [3.63, 3.8) is 0 Å². The first kappa shape index (κ1) is 22.4. The maximum absolute atomic E-state index is 13.8. The maximum atomic E-state index is 13.8. The lowest BCUT2D eigenvalue weighted by Gasteiger charge is -2.15. The predicted octanol–water partition coefficient (Wildman–Crippen LogP) is 7.25. The summed E-state index contributed by atoms with van der Waals surface area (Å²) in [4.78, 5) is 17.5. The van der Waals surface area contributed by atoms with Crippen molar-refractivity contribution >= 4 is 17.1 Å². The molecule has 3 aromatic carbocycles. The first-order valence-corrected chi connectivity index (χ1v) is 10.9. The molecule has 1 amide bonds. The number of carbonyl (C=O) groups is 1. The SMILES string of the molecule is Cc1ccc(NC(=O)c2cc(-c3cccn4c(-c5ccccc5)ncc34)ccc2C(F)(F)F)cc1. The van der Waals surface area contributed by atoms with E-state index in [1.807, 2.05) is 47.9 Å². The van der Waals surface area contributed by atoms with E-state index in [1.54, 1.807) is 42.6 Å². The number of halogens is 3. The lowest BCUT2D eigenvalue weighted by Crippen LogP contribution is -2.19. The van der Waals surface area contributed by atoms with Crippen molar-refractivity contribution in [2.24, 2.45) is 0 Å². The molecule has 2 aromatic heterocycles. The van der Waals surface area contributed by atoms with Crippen molar-refractivity contribution in [1.29, 1.82) is 0 Å². The van der Waals surface area contributed by atoms with Gasteiger partial charge in [-0.05, 0) is 42.8 Å². The minimum Gasteiger partial charge on any atom is -0.322 e. The van der Waals surface area contributed by atoms with Crippen LogP contribution in [0, 0.1) is 6.92 Å². The van der Waals surface area contributed by atoms with E-state index in [-0.39, 0.29) is 0 Å². The van der Waals surface area contributed by atoms with Crippen molar-refractivity contribution in [3.05, 3.63) is 114 Å². The summed E-state index contributed by atoms with van der Waals surface area (Å²) < 4.78 is 43.2. The average Bonchev–Trinajstić information content (AvgIpc) is 3.29. The van der Waals surface area contributed by atoms with Crippen LogP contribution in [0.3, 0.4) is 0 Å². The summed E-state index contributed by atoms with van der Waals surface area (Å²) in [6, 6.07) is 23.7. The van der Waals surface area contributed by atoms with Gasteiger partial charge in [0.15, 0.2) is 0 Å². The number of benzene rings is 3. The number of imidazole rings is 1. The van der Waals surface area contributed by atoms with Crippen LogP contribution in [0.5, 0.6) is 0 Å². The Morgan fingerprint density at radius 3 is 2.34 bits per heavy atom. The first-order chi connectivity index (χ1) is 16.8. The highest BCUT2D eigenvalue weighted by Gasteiger charge is 2.35. The second-order valence-electron chi connectivity index (χ2n) is 8.20. The lowest BCUT2D eigenvalue weighted by molar-refractivity contribution is -0.137. The van der Waals surface area contributed by atoms with Gasteiger partial charge < -0.3 is 5.32 Å². The lowest BCUT2D eigenvalue weighted by atomic mass is 9.98. The van der Waals surface area contributed by atoms with Gasteiger partial charge in [-0.3, -0.25) is 9.20 Å². The molecule has 7 heteroatoms. The van der Waals surface area contributed by atoms with Gasteiger partial charge in [0.25, 0.3) is 5.91 Å². The molecule has 4 nitrogen and oxygen atoms in total. The number of fused-ring (bicyclic) bond motifs is 1. The predicted molar refractivity (Wildman–Crippen MR) is 130 cm³/mol. The molecule has 0 aliphatic carbocycles. The number of rotatable bonds is 4. The second-order valence-corrected chi connectivity index (χ2v) is 8.20. The molecule has 0 spiro atoms. The molecule has 2 heterocycles. The number of alkyl halides is 3. The highest BCUT2D eigenvalue weighted by atomic mass is 19.4. The van der Waals surface area contributed by atoms with Crippen LogP contribution in [-0.2, 0) is 6.18 Å². The molecule has 0 saturated heterocycles. The fourth-order valence-electron chi connectivity index (χ4n) is 4.05. The summed E-state index contributed by atoms with van der Waals surface area (Å²) in [5.41, 5.74) is 2.75. The van der Waals surface area contributed by atoms with Gasteiger partial charge in [0.2, 0.25) is 0 Å². The number of aryl methyl sites for hydroxylation is 1. The molecule has 0 fully saturated rings. The molecule has 5 rings (SSSR count). The number of hydrogen-bond acceptors (Lipinski definition) is 2. The smallest absolute Gasteiger partial charge is 0.322 e. The van der Waals surface area contributed by atoms with Gasteiger partial charge in [-0.2, -0.15) is 13.2 Å². The van der Waals surface area contributed by atoms with Crippen LogP contribution in [-0.4, -0.2) is 15.3 Å². The average molecular weight is 471 g/mol. The third kappa shape index (κ3) is 4.40. The van der Waals surface area contributed by atoms with Gasteiger partial charge in [-0.15, -0.1) is 0 Å². The summed E-state index contributed by atoms with van der Waals surface area (Å²) in [5.74, 6) is -0.111. The number of anilines is 1. The molecular weight excluding hydrogens is 451 g/mol. The van der Waals surface area contributed by atoms with Gasteiger partial charge in [0.1, 0.15) is 5.82 Å². The van der Waals surface area contributed by atoms with E-state index in [0.29, 0.717) is 22.6 Å². The number of nitrogens with zero attached hydrogens (tertiary/aromatic N) is 2. The van der Waals surface area contributed by atoms with E-state index in [9.17, 15) is 18.0 Å². The Labute approximate surface area is 199 Å². The molecule has 1 N–H and O–H groups in total. The number of amides is 1. The maximum Gasteiger partial charge on any atom is 0.417 e. The Morgan fingerprint density at radius 2 is 1.63 bits per heavy atom. The van der Waals surface area contributed by atoms with Crippen LogP contribution in [0.25, 0.3) is 28.0 Å². The summed E-state index contributed by atoms with van der Waals surface area (Å²) >= 11 is 0. The topological polar surface area (TPSA) is 46.4 Å². The third-order valence-electron chi connectivity index (χ3n) is 5.79. The molecule has 0 unspecified atom stereocenters. The number of carbonyl (C=O) groups excluding carboxylic acids is 1. The number of aromatic nitrogens is 2. The normalized spacial score (nSPS) is 11.5. The van der Waals surface area contributed by atoms with E-state index in [4.69, 9.17) is 0 Å². The zero-order chi connectivity index (χ0) is 24.6. The van der Waals surface area contributed by atoms with Crippen LogP contribution >= 0.6 is 0 Å². The molecule has 5 aromatic rings. The van der Waals surface area contributed by atoms with Gasteiger partial charge in [-0.1, -0.05) is 60.2 Å². The Hall–Kier alpha value is -4.39. The minimum absolute atomic E-state index is 0.421. The molecule has 35 heavy (non-hydrogen) atoms. The quantitative estimate of drug-likeness (QED) is 0.300. The molecule has 0 aliphatic heterocycles. The Morgan fingerprint density at radius 1 is 0.886 bits per heavy atom.